The van der Waals surface area contributed by atoms with E-state index in [1.165, 1.54) is 83.5 Å². The van der Waals surface area contributed by atoms with E-state index in [4.69, 9.17) is 32.9 Å². The van der Waals surface area contributed by atoms with Crippen molar-refractivity contribution in [3.8, 4) is 0 Å². The van der Waals surface area contributed by atoms with E-state index < -0.39 is 8.56 Å². The molecule has 0 N–H and O–H groups in total. The van der Waals surface area contributed by atoms with Gasteiger partial charge in [0.1, 0.15) is 0 Å². The van der Waals surface area contributed by atoms with Crippen LogP contribution < -0.4 is 0 Å². The third kappa shape index (κ3) is 22.3. The number of hydrogen-bond donors (Lipinski definition) is 0. The quantitative estimate of drug-likeness (QED) is 0.212. The molecule has 33 heavy (non-hydrogen) atoms. The van der Waals surface area contributed by atoms with Crippen LogP contribution in [0.3, 0.4) is 0 Å². The third-order valence-corrected chi connectivity index (χ3v) is 14.4. The minimum absolute atomic E-state index is 0.102. The van der Waals surface area contributed by atoms with Gasteiger partial charge in [-0.25, -0.2) is 0 Å². The summed E-state index contributed by atoms with van der Waals surface area (Å²) < 4.78 is 43.9. The van der Waals surface area contributed by atoms with E-state index in [2.05, 4.69) is 13.5 Å². The second-order valence-electron chi connectivity index (χ2n) is 7.88. The zero-order valence-electron chi connectivity index (χ0n) is 19.9. The molecule has 8 nitrogen and oxygen atoms in total. The molecular weight excluding hydrogens is 557 g/mol. The maximum absolute atomic E-state index is 6.02. The SMILES string of the molecule is CCCCCCCCCCCCCCCC[Si]1(C)O[Si]O[Si]O[Si]O[Si]O[Si]O[Si]O[Si]O1. The molecule has 1 saturated heterocycles. The molecule has 14 radical (unpaired) electrons. The van der Waals surface area contributed by atoms with Crippen LogP contribution in [0.1, 0.15) is 96.8 Å². The second-order valence-corrected chi connectivity index (χ2v) is 18.3. The lowest BCUT2D eigenvalue weighted by Gasteiger charge is -2.26. The zero-order valence-corrected chi connectivity index (χ0v) is 27.9. The molecular formula is C17H36O8Si8. The average Bonchev–Trinajstić information content (AvgIpc) is 2.81. The van der Waals surface area contributed by atoms with Gasteiger partial charge in [0.2, 0.25) is 0 Å². The summed E-state index contributed by atoms with van der Waals surface area (Å²) in [6, 6.07) is 0.933. The van der Waals surface area contributed by atoms with Crippen molar-refractivity contribution in [1.29, 1.82) is 0 Å². The highest BCUT2D eigenvalue weighted by molar-refractivity contribution is 6.74. The van der Waals surface area contributed by atoms with Crippen LogP contribution in [-0.4, -0.2) is 78.6 Å². The molecule has 0 atom stereocenters. The fourth-order valence-electron chi connectivity index (χ4n) is 3.19. The van der Waals surface area contributed by atoms with Crippen LogP contribution in [0.4, 0.5) is 0 Å². The van der Waals surface area contributed by atoms with Crippen molar-refractivity contribution in [3.05, 3.63) is 0 Å². The van der Waals surface area contributed by atoms with Gasteiger partial charge in [-0.2, -0.15) is 0 Å². The monoisotopic (exact) mass is 592 g/mol. The molecule has 0 bridgehead atoms. The average molecular weight is 593 g/mol. The van der Waals surface area contributed by atoms with Crippen LogP contribution >= 0.6 is 0 Å². The predicted octanol–water partition coefficient (Wildman–Crippen LogP) is 3.43. The molecule has 1 rings (SSSR count). The summed E-state index contributed by atoms with van der Waals surface area (Å²) in [5.41, 5.74) is 0. The minimum Gasteiger partial charge on any atom is -0.414 e. The highest BCUT2D eigenvalue weighted by Crippen LogP contribution is 2.19. The molecule has 16 heteroatoms. The first-order valence-corrected chi connectivity index (χ1v) is 20.1. The Morgan fingerprint density at radius 2 is 0.727 bits per heavy atom. The standard InChI is InChI=1S/C17H36O8Si8/c1-3-4-5-6-7-8-9-10-11-12-13-14-15-16-17-33(2)24-31-22-29-20-27-18-26-19-28-21-30-23-32-25-33/h3-17H2,1-2H3. The summed E-state index contributed by atoms with van der Waals surface area (Å²) in [6.07, 6.45) is 18.9. The molecule has 1 aliphatic heterocycles. The van der Waals surface area contributed by atoms with Crippen molar-refractivity contribution in [1.82, 2.24) is 0 Å². The van der Waals surface area contributed by atoms with Crippen molar-refractivity contribution in [2.75, 3.05) is 0 Å². The molecule has 1 aliphatic rings. The van der Waals surface area contributed by atoms with Gasteiger partial charge >= 0.3 is 78.6 Å². The van der Waals surface area contributed by atoms with Gasteiger partial charge in [-0.15, -0.1) is 0 Å². The molecule has 0 aliphatic carbocycles. The molecule has 0 aromatic heterocycles. The summed E-state index contributed by atoms with van der Waals surface area (Å²) in [5.74, 6) is 0. The van der Waals surface area contributed by atoms with E-state index >= 15 is 0 Å². The summed E-state index contributed by atoms with van der Waals surface area (Å²) in [7, 11) is -3.15. The van der Waals surface area contributed by atoms with E-state index in [-0.39, 0.29) is 70.0 Å². The molecule has 0 aromatic rings. The number of rotatable bonds is 15. The number of unbranched alkanes of at least 4 members (excludes halogenated alkanes) is 13. The van der Waals surface area contributed by atoms with Crippen LogP contribution in [0.15, 0.2) is 0 Å². The lowest BCUT2D eigenvalue weighted by atomic mass is 10.0. The first-order chi connectivity index (χ1) is 16.3. The Labute approximate surface area is 220 Å². The molecule has 0 amide bonds. The van der Waals surface area contributed by atoms with Crippen molar-refractivity contribution in [3.63, 3.8) is 0 Å². The first-order valence-electron chi connectivity index (χ1n) is 11.8. The van der Waals surface area contributed by atoms with E-state index in [1.54, 1.807) is 0 Å². The molecule has 0 unspecified atom stereocenters. The molecule has 0 aromatic carbocycles. The summed E-state index contributed by atoms with van der Waals surface area (Å²) in [4.78, 5) is 0. The first kappa shape index (κ1) is 32.4. The predicted molar refractivity (Wildman–Crippen MR) is 136 cm³/mol. The maximum atomic E-state index is 6.02. The molecule has 0 saturated carbocycles. The highest BCUT2D eigenvalue weighted by Gasteiger charge is 2.32. The van der Waals surface area contributed by atoms with Gasteiger partial charge in [-0.1, -0.05) is 96.8 Å². The molecule has 0 spiro atoms. The van der Waals surface area contributed by atoms with Gasteiger partial charge in [-0.3, -0.25) is 0 Å². The highest BCUT2D eigenvalue weighted by atomic mass is 28.5. The Balaban J connectivity index is 2.06. The fourth-order valence-corrected chi connectivity index (χ4v) is 11.5. The summed E-state index contributed by atoms with van der Waals surface area (Å²) in [5, 5.41) is 0. The molecule has 1 heterocycles. The van der Waals surface area contributed by atoms with Crippen LogP contribution in [0, 0.1) is 0 Å². The topological polar surface area (TPSA) is 73.8 Å². The maximum Gasteiger partial charge on any atom is 0.412 e. The van der Waals surface area contributed by atoms with Crippen LogP contribution in [0.25, 0.3) is 0 Å². The minimum atomic E-state index is -2.35. The van der Waals surface area contributed by atoms with Crippen LogP contribution in [0.2, 0.25) is 12.6 Å². The van der Waals surface area contributed by atoms with Gasteiger partial charge in [0.05, 0.1) is 0 Å². The Kier molecular flexibility index (Phi) is 24.7. The Hall–Kier alpha value is 1.42. The van der Waals surface area contributed by atoms with Gasteiger partial charge in [0.25, 0.3) is 0 Å². The smallest absolute Gasteiger partial charge is 0.412 e. The van der Waals surface area contributed by atoms with Crippen molar-refractivity contribution < 1.29 is 32.9 Å². The van der Waals surface area contributed by atoms with E-state index in [0.717, 1.165) is 12.5 Å². The summed E-state index contributed by atoms with van der Waals surface area (Å²) in [6.45, 7) is 4.36. The Morgan fingerprint density at radius 1 is 0.424 bits per heavy atom. The largest absolute Gasteiger partial charge is 0.414 e. The van der Waals surface area contributed by atoms with Gasteiger partial charge < -0.3 is 32.9 Å². The van der Waals surface area contributed by atoms with E-state index in [1.807, 2.05) is 0 Å². The van der Waals surface area contributed by atoms with E-state index in [9.17, 15) is 0 Å². The van der Waals surface area contributed by atoms with Crippen molar-refractivity contribution in [2.24, 2.45) is 0 Å². The summed E-state index contributed by atoms with van der Waals surface area (Å²) >= 11 is 0. The lowest BCUT2D eigenvalue weighted by molar-refractivity contribution is 0.322. The van der Waals surface area contributed by atoms with Gasteiger partial charge in [0.15, 0.2) is 0 Å². The normalized spacial score (nSPS) is 19.5. The Bertz CT molecular complexity index is 403. The second kappa shape index (κ2) is 25.1. The molecule has 184 valence electrons. The van der Waals surface area contributed by atoms with Crippen molar-refractivity contribution in [2.45, 2.75) is 109 Å². The number of hydrogen-bond acceptors (Lipinski definition) is 8. The van der Waals surface area contributed by atoms with Crippen LogP contribution in [-0.2, 0) is 32.9 Å². The Morgan fingerprint density at radius 3 is 1.09 bits per heavy atom. The van der Waals surface area contributed by atoms with Crippen molar-refractivity contribution >= 4 is 78.6 Å². The molecule has 1 fully saturated rings. The zero-order chi connectivity index (χ0) is 23.7. The van der Waals surface area contributed by atoms with Crippen LogP contribution in [0.5, 0.6) is 0 Å². The fraction of sp³-hybridized carbons (Fsp3) is 1.00. The lowest BCUT2D eigenvalue weighted by Crippen LogP contribution is -2.42. The van der Waals surface area contributed by atoms with Gasteiger partial charge in [0, 0.05) is 0 Å². The third-order valence-electron chi connectivity index (χ3n) is 5.00. The van der Waals surface area contributed by atoms with Gasteiger partial charge in [-0.05, 0) is 12.6 Å². The van der Waals surface area contributed by atoms with E-state index in [0.29, 0.717) is 0 Å².